The molecule has 0 aliphatic carbocycles. The molecule has 102 valence electrons. The van der Waals surface area contributed by atoms with Crippen LogP contribution in [0.25, 0.3) is 0 Å². The lowest BCUT2D eigenvalue weighted by atomic mass is 9.77. The molecule has 0 spiro atoms. The first-order valence-corrected chi connectivity index (χ1v) is 6.87. The molecule has 0 aliphatic heterocycles. The zero-order valence-corrected chi connectivity index (χ0v) is 12.4. The minimum atomic E-state index is -0.328. The monoisotopic (exact) mass is 271 g/mol. The third-order valence-electron chi connectivity index (χ3n) is 3.36. The standard InChI is InChI=1S/C15H23ClFN/c1-5-18-10-12(15(2,3)4)9-11-7-6-8-13(17)14(11)16/h6-8,12,18H,5,9-10H2,1-4H3. The third kappa shape index (κ3) is 4.25. The van der Waals surface area contributed by atoms with Crippen LogP contribution in [0.15, 0.2) is 18.2 Å². The molecule has 0 radical (unpaired) electrons. The highest BCUT2D eigenvalue weighted by Gasteiger charge is 2.25. The van der Waals surface area contributed by atoms with E-state index in [0.29, 0.717) is 5.92 Å². The van der Waals surface area contributed by atoms with Crippen LogP contribution in [0.4, 0.5) is 4.39 Å². The number of hydrogen-bond acceptors (Lipinski definition) is 1. The second kappa shape index (κ2) is 6.53. The minimum Gasteiger partial charge on any atom is -0.317 e. The summed E-state index contributed by atoms with van der Waals surface area (Å²) in [5, 5.41) is 3.64. The van der Waals surface area contributed by atoms with Crippen molar-refractivity contribution < 1.29 is 4.39 Å². The Kier molecular flexibility index (Phi) is 5.61. The zero-order valence-electron chi connectivity index (χ0n) is 11.7. The van der Waals surface area contributed by atoms with Gasteiger partial charge in [-0.15, -0.1) is 0 Å². The Morgan fingerprint density at radius 2 is 2.00 bits per heavy atom. The van der Waals surface area contributed by atoms with Gasteiger partial charge >= 0.3 is 0 Å². The maximum Gasteiger partial charge on any atom is 0.142 e. The molecule has 1 rings (SSSR count). The molecule has 1 aromatic rings. The quantitative estimate of drug-likeness (QED) is 0.842. The van der Waals surface area contributed by atoms with Crippen molar-refractivity contribution in [3.63, 3.8) is 0 Å². The predicted molar refractivity (Wildman–Crippen MR) is 76.6 cm³/mol. The number of rotatable bonds is 5. The highest BCUT2D eigenvalue weighted by atomic mass is 35.5. The van der Waals surface area contributed by atoms with Crippen molar-refractivity contribution in [1.82, 2.24) is 5.32 Å². The molecule has 1 aromatic carbocycles. The maximum absolute atomic E-state index is 13.4. The van der Waals surface area contributed by atoms with Crippen LogP contribution in [0.3, 0.4) is 0 Å². The molecule has 0 bridgehead atoms. The number of benzene rings is 1. The van der Waals surface area contributed by atoms with Crippen molar-refractivity contribution in [1.29, 1.82) is 0 Å². The number of hydrogen-bond donors (Lipinski definition) is 1. The summed E-state index contributed by atoms with van der Waals surface area (Å²) in [5.41, 5.74) is 1.06. The van der Waals surface area contributed by atoms with Crippen molar-refractivity contribution in [2.24, 2.45) is 11.3 Å². The summed E-state index contributed by atoms with van der Waals surface area (Å²) in [6.45, 7) is 10.6. The lowest BCUT2D eigenvalue weighted by molar-refractivity contribution is 0.232. The number of nitrogens with one attached hydrogen (secondary N) is 1. The SMILES string of the molecule is CCNCC(Cc1cccc(F)c1Cl)C(C)(C)C. The molecule has 0 fully saturated rings. The molecule has 0 heterocycles. The molecule has 0 amide bonds. The highest BCUT2D eigenvalue weighted by molar-refractivity contribution is 6.31. The summed E-state index contributed by atoms with van der Waals surface area (Å²) < 4.78 is 13.4. The first kappa shape index (κ1) is 15.5. The molecule has 1 nitrogen and oxygen atoms in total. The first-order chi connectivity index (χ1) is 8.36. The molecular formula is C15H23ClFN. The summed E-state index contributed by atoms with van der Waals surface area (Å²) in [4.78, 5) is 0. The van der Waals surface area contributed by atoms with Crippen LogP contribution >= 0.6 is 11.6 Å². The Bertz CT molecular complexity index is 385. The van der Waals surface area contributed by atoms with Crippen molar-refractivity contribution in [2.75, 3.05) is 13.1 Å². The van der Waals surface area contributed by atoms with E-state index in [9.17, 15) is 4.39 Å². The average molecular weight is 272 g/mol. The largest absolute Gasteiger partial charge is 0.317 e. The fraction of sp³-hybridized carbons (Fsp3) is 0.600. The van der Waals surface area contributed by atoms with E-state index in [0.717, 1.165) is 25.1 Å². The molecule has 0 aliphatic rings. The molecular weight excluding hydrogens is 249 g/mol. The van der Waals surface area contributed by atoms with Gasteiger partial charge in [-0.1, -0.05) is 51.4 Å². The van der Waals surface area contributed by atoms with Gasteiger partial charge in [0.15, 0.2) is 0 Å². The van der Waals surface area contributed by atoms with Crippen LogP contribution in [-0.4, -0.2) is 13.1 Å². The van der Waals surface area contributed by atoms with E-state index >= 15 is 0 Å². The number of halogens is 2. The van der Waals surface area contributed by atoms with Crippen molar-refractivity contribution in [3.8, 4) is 0 Å². The second-order valence-corrected chi connectivity index (χ2v) is 6.17. The van der Waals surface area contributed by atoms with Crippen LogP contribution in [0, 0.1) is 17.2 Å². The molecule has 1 N–H and O–H groups in total. The lowest BCUT2D eigenvalue weighted by Crippen LogP contribution is -2.33. The smallest absolute Gasteiger partial charge is 0.142 e. The van der Waals surface area contributed by atoms with Crippen molar-refractivity contribution in [2.45, 2.75) is 34.1 Å². The second-order valence-electron chi connectivity index (χ2n) is 5.79. The lowest BCUT2D eigenvalue weighted by Gasteiger charge is -2.31. The van der Waals surface area contributed by atoms with Gasteiger partial charge in [0, 0.05) is 0 Å². The Hall–Kier alpha value is -0.600. The van der Waals surface area contributed by atoms with Gasteiger partial charge in [-0.25, -0.2) is 4.39 Å². The summed E-state index contributed by atoms with van der Waals surface area (Å²) in [6.07, 6.45) is 0.799. The van der Waals surface area contributed by atoms with E-state index in [2.05, 4.69) is 33.0 Å². The summed E-state index contributed by atoms with van der Waals surface area (Å²) in [6, 6.07) is 5.04. The topological polar surface area (TPSA) is 12.0 Å². The molecule has 18 heavy (non-hydrogen) atoms. The van der Waals surface area contributed by atoms with Crippen molar-refractivity contribution >= 4 is 11.6 Å². The van der Waals surface area contributed by atoms with Gasteiger partial charge < -0.3 is 5.32 Å². The van der Waals surface area contributed by atoms with Gasteiger partial charge in [-0.2, -0.15) is 0 Å². The zero-order chi connectivity index (χ0) is 13.8. The Labute approximate surface area is 115 Å². The molecule has 1 unspecified atom stereocenters. The van der Waals surface area contributed by atoms with Gasteiger partial charge in [-0.05, 0) is 42.5 Å². The fourth-order valence-corrected chi connectivity index (χ4v) is 2.18. The van der Waals surface area contributed by atoms with E-state index in [1.807, 2.05) is 6.07 Å². The van der Waals surface area contributed by atoms with Crippen LogP contribution in [0.1, 0.15) is 33.3 Å². The van der Waals surface area contributed by atoms with Crippen LogP contribution in [-0.2, 0) is 6.42 Å². The molecule has 0 saturated heterocycles. The van der Waals surface area contributed by atoms with Crippen LogP contribution in [0.5, 0.6) is 0 Å². The van der Waals surface area contributed by atoms with E-state index in [-0.39, 0.29) is 16.3 Å². The van der Waals surface area contributed by atoms with Crippen molar-refractivity contribution in [3.05, 3.63) is 34.6 Å². The van der Waals surface area contributed by atoms with Crippen LogP contribution in [0.2, 0.25) is 5.02 Å². The molecule has 0 aromatic heterocycles. The predicted octanol–water partition coefficient (Wildman–Crippen LogP) is 4.29. The average Bonchev–Trinajstić information content (AvgIpc) is 2.28. The Balaban J connectivity index is 2.86. The van der Waals surface area contributed by atoms with E-state index in [1.54, 1.807) is 6.07 Å². The van der Waals surface area contributed by atoms with E-state index < -0.39 is 0 Å². The van der Waals surface area contributed by atoms with E-state index in [4.69, 9.17) is 11.6 Å². The summed E-state index contributed by atoms with van der Waals surface area (Å²) in [7, 11) is 0. The summed E-state index contributed by atoms with van der Waals surface area (Å²) >= 11 is 6.03. The Morgan fingerprint density at radius 1 is 1.33 bits per heavy atom. The van der Waals surface area contributed by atoms with Gasteiger partial charge in [0.25, 0.3) is 0 Å². The van der Waals surface area contributed by atoms with Crippen LogP contribution < -0.4 is 5.32 Å². The normalized spacial score (nSPS) is 13.7. The minimum absolute atomic E-state index is 0.165. The third-order valence-corrected chi connectivity index (χ3v) is 3.79. The first-order valence-electron chi connectivity index (χ1n) is 6.49. The fourth-order valence-electron chi connectivity index (χ4n) is 1.97. The highest BCUT2D eigenvalue weighted by Crippen LogP contribution is 2.31. The molecule has 3 heteroatoms. The molecule has 1 atom stereocenters. The van der Waals surface area contributed by atoms with Gasteiger partial charge in [0.05, 0.1) is 5.02 Å². The van der Waals surface area contributed by atoms with Gasteiger partial charge in [-0.3, -0.25) is 0 Å². The van der Waals surface area contributed by atoms with E-state index in [1.165, 1.54) is 6.07 Å². The molecule has 0 saturated carbocycles. The van der Waals surface area contributed by atoms with Gasteiger partial charge in [0.2, 0.25) is 0 Å². The van der Waals surface area contributed by atoms with Gasteiger partial charge in [0.1, 0.15) is 5.82 Å². The Morgan fingerprint density at radius 3 is 2.56 bits per heavy atom. The summed E-state index contributed by atoms with van der Waals surface area (Å²) in [5.74, 6) is 0.0991. The maximum atomic E-state index is 13.4.